The normalized spacial score (nSPS) is 11.8. The van der Waals surface area contributed by atoms with E-state index in [1.807, 2.05) is 60.7 Å². The Morgan fingerprint density at radius 3 is 2.00 bits per heavy atom. The maximum absolute atomic E-state index is 14.1. The number of ether oxygens (including phenoxy) is 1. The molecular formula is C46H39F2N3O7. The Hall–Kier alpha value is -7.10. The van der Waals surface area contributed by atoms with Gasteiger partial charge in [0, 0.05) is 48.9 Å². The van der Waals surface area contributed by atoms with Crippen LogP contribution in [-0.2, 0) is 38.6 Å². The van der Waals surface area contributed by atoms with Gasteiger partial charge in [-0.3, -0.25) is 14.4 Å². The third-order valence-electron chi connectivity index (χ3n) is 8.96. The molecule has 5 aromatic carbocycles. The number of carbonyl (C=O) groups is 4. The zero-order valence-electron chi connectivity index (χ0n) is 31.4. The summed E-state index contributed by atoms with van der Waals surface area (Å²) in [5, 5.41) is 17.8. The number of esters is 1. The molecule has 6 rings (SSSR count). The van der Waals surface area contributed by atoms with E-state index in [1.54, 1.807) is 42.5 Å². The smallest absolute Gasteiger partial charge is 0.343 e. The van der Waals surface area contributed by atoms with E-state index in [4.69, 9.17) is 9.15 Å². The maximum Gasteiger partial charge on any atom is 0.343 e. The van der Waals surface area contributed by atoms with Gasteiger partial charge in [0.15, 0.2) is 5.58 Å². The van der Waals surface area contributed by atoms with Crippen molar-refractivity contribution in [3.05, 3.63) is 166 Å². The standard InChI is InChI=1S/C46H39F2N3O7/c1-29(53)50-40(25-31-13-7-3-8-14-31)45(55)51-39(44(54)49-19-20-52)26-32-21-35(18-17-30-11-5-2-6-12-30)42-38(24-32)41(43(58-42)34-15-9-4-10-16-34)46(56)57-28-33-22-36(47)27-37(48)23-33/h2-16,21-24,27,39-40,52H,19-20,25-26,28H2,1H3,(H,49,54)(H,50,53)(H,51,55)/t39-,40-/m0/s1. The highest BCUT2D eigenvalue weighted by Crippen LogP contribution is 2.37. The van der Waals surface area contributed by atoms with E-state index in [9.17, 15) is 33.1 Å². The topological polar surface area (TPSA) is 147 Å². The minimum atomic E-state index is -1.22. The van der Waals surface area contributed by atoms with Gasteiger partial charge in [0.1, 0.15) is 41.6 Å². The Morgan fingerprint density at radius 1 is 0.724 bits per heavy atom. The number of fused-ring (bicyclic) bond motifs is 1. The van der Waals surface area contributed by atoms with Crippen molar-refractivity contribution in [2.75, 3.05) is 13.2 Å². The van der Waals surface area contributed by atoms with Crippen LogP contribution in [0.2, 0.25) is 0 Å². The summed E-state index contributed by atoms with van der Waals surface area (Å²) in [5.74, 6) is 2.21. The van der Waals surface area contributed by atoms with Gasteiger partial charge in [0.2, 0.25) is 17.7 Å². The summed E-state index contributed by atoms with van der Waals surface area (Å²) < 4.78 is 40.1. The highest BCUT2D eigenvalue weighted by Gasteiger charge is 2.29. The highest BCUT2D eigenvalue weighted by atomic mass is 19.1. The second-order valence-electron chi connectivity index (χ2n) is 13.4. The average molecular weight is 784 g/mol. The van der Waals surface area contributed by atoms with Crippen molar-refractivity contribution >= 4 is 34.7 Å². The molecule has 294 valence electrons. The fourth-order valence-corrected chi connectivity index (χ4v) is 6.37. The van der Waals surface area contributed by atoms with Crippen LogP contribution in [0.3, 0.4) is 0 Å². The number of hydrogen-bond acceptors (Lipinski definition) is 7. The molecule has 0 saturated carbocycles. The van der Waals surface area contributed by atoms with Gasteiger partial charge in [-0.2, -0.15) is 0 Å². The molecule has 2 atom stereocenters. The number of hydrogen-bond donors (Lipinski definition) is 4. The van der Waals surface area contributed by atoms with Crippen LogP contribution >= 0.6 is 0 Å². The molecule has 0 aliphatic carbocycles. The molecule has 1 aromatic heterocycles. The van der Waals surface area contributed by atoms with Crippen LogP contribution in [0.4, 0.5) is 8.78 Å². The molecule has 58 heavy (non-hydrogen) atoms. The van der Waals surface area contributed by atoms with Crippen molar-refractivity contribution in [2.45, 2.75) is 38.5 Å². The second-order valence-corrected chi connectivity index (χ2v) is 13.4. The molecule has 0 radical (unpaired) electrons. The largest absolute Gasteiger partial charge is 0.457 e. The molecule has 6 aromatic rings. The van der Waals surface area contributed by atoms with Crippen LogP contribution in [0.5, 0.6) is 0 Å². The molecule has 0 aliphatic heterocycles. The minimum Gasteiger partial charge on any atom is -0.457 e. The number of aliphatic hydroxyl groups is 1. The number of aliphatic hydroxyl groups excluding tert-OH is 1. The van der Waals surface area contributed by atoms with Gasteiger partial charge in [-0.25, -0.2) is 13.6 Å². The molecule has 3 amide bonds. The Bertz CT molecular complexity index is 2460. The van der Waals surface area contributed by atoms with Gasteiger partial charge in [-0.15, -0.1) is 0 Å². The maximum atomic E-state index is 14.1. The van der Waals surface area contributed by atoms with Gasteiger partial charge in [0.25, 0.3) is 0 Å². The summed E-state index contributed by atoms with van der Waals surface area (Å²) in [6, 6.07) is 30.9. The summed E-state index contributed by atoms with van der Waals surface area (Å²) in [6.45, 7) is 0.388. The zero-order chi connectivity index (χ0) is 41.0. The first-order valence-electron chi connectivity index (χ1n) is 18.4. The summed E-state index contributed by atoms with van der Waals surface area (Å²) in [5.41, 5.74) is 3.12. The van der Waals surface area contributed by atoms with Gasteiger partial charge in [-0.05, 0) is 53.1 Å². The Kier molecular flexibility index (Phi) is 13.4. The van der Waals surface area contributed by atoms with E-state index < -0.39 is 54.0 Å². The van der Waals surface area contributed by atoms with Crippen LogP contribution in [0.1, 0.15) is 45.1 Å². The summed E-state index contributed by atoms with van der Waals surface area (Å²) in [6.07, 6.45) is 0.0213. The lowest BCUT2D eigenvalue weighted by Crippen LogP contribution is -2.55. The van der Waals surface area contributed by atoms with Crippen LogP contribution in [0, 0.1) is 23.5 Å². The minimum absolute atomic E-state index is 0.00147. The zero-order valence-corrected chi connectivity index (χ0v) is 31.4. The van der Waals surface area contributed by atoms with Crippen molar-refractivity contribution in [3.63, 3.8) is 0 Å². The molecule has 1 heterocycles. The first kappa shape index (κ1) is 40.6. The Morgan fingerprint density at radius 2 is 1.34 bits per heavy atom. The number of carbonyl (C=O) groups excluding carboxylic acids is 4. The molecule has 12 heteroatoms. The molecule has 10 nitrogen and oxygen atoms in total. The lowest BCUT2D eigenvalue weighted by atomic mass is 9.97. The first-order valence-corrected chi connectivity index (χ1v) is 18.4. The van der Waals surface area contributed by atoms with Crippen molar-refractivity contribution in [1.29, 1.82) is 0 Å². The predicted molar refractivity (Wildman–Crippen MR) is 213 cm³/mol. The number of halogens is 2. The fourth-order valence-electron chi connectivity index (χ4n) is 6.37. The van der Waals surface area contributed by atoms with E-state index in [0.717, 1.165) is 17.7 Å². The van der Waals surface area contributed by atoms with E-state index in [0.29, 0.717) is 28.3 Å². The van der Waals surface area contributed by atoms with Crippen molar-refractivity contribution in [2.24, 2.45) is 0 Å². The summed E-state index contributed by atoms with van der Waals surface area (Å²) >= 11 is 0. The van der Waals surface area contributed by atoms with Gasteiger partial charge in [-0.1, -0.05) is 90.7 Å². The first-order chi connectivity index (χ1) is 28.1. The molecular weight excluding hydrogens is 745 g/mol. The fraction of sp³-hybridized carbons (Fsp3) is 0.174. The van der Waals surface area contributed by atoms with Crippen LogP contribution in [0.15, 0.2) is 126 Å². The molecule has 0 bridgehead atoms. The lowest BCUT2D eigenvalue weighted by molar-refractivity contribution is -0.131. The molecule has 0 fully saturated rings. The Labute approximate surface area is 333 Å². The van der Waals surface area contributed by atoms with E-state index in [-0.39, 0.29) is 53.8 Å². The number of amides is 3. The highest BCUT2D eigenvalue weighted by molar-refractivity contribution is 6.10. The number of rotatable bonds is 14. The summed E-state index contributed by atoms with van der Waals surface area (Å²) in [4.78, 5) is 53.7. The van der Waals surface area contributed by atoms with Crippen LogP contribution in [0.25, 0.3) is 22.3 Å². The lowest BCUT2D eigenvalue weighted by Gasteiger charge is -2.23. The summed E-state index contributed by atoms with van der Waals surface area (Å²) in [7, 11) is 0. The van der Waals surface area contributed by atoms with E-state index in [2.05, 4.69) is 27.8 Å². The molecule has 0 aliphatic rings. The average Bonchev–Trinajstić information content (AvgIpc) is 3.61. The quantitative estimate of drug-likeness (QED) is 0.0781. The molecule has 0 saturated heterocycles. The van der Waals surface area contributed by atoms with Gasteiger partial charge >= 0.3 is 5.97 Å². The van der Waals surface area contributed by atoms with Gasteiger partial charge in [0.05, 0.1) is 12.2 Å². The Balaban J connectivity index is 1.45. The number of benzene rings is 5. The SMILES string of the molecule is CC(=O)N[C@@H](Cc1ccccc1)C(=O)N[C@@H](Cc1cc(C#Cc2ccccc2)c2oc(-c3ccccc3)c(C(=O)OCc3cc(F)cc(F)c3)c2c1)C(=O)NCCO. The second kappa shape index (κ2) is 19.2. The number of nitrogens with one attached hydrogen (secondary N) is 3. The van der Waals surface area contributed by atoms with Gasteiger partial charge < -0.3 is 30.2 Å². The predicted octanol–water partition coefficient (Wildman–Crippen LogP) is 6.02. The molecule has 0 unspecified atom stereocenters. The van der Waals surface area contributed by atoms with E-state index in [1.165, 1.54) is 6.92 Å². The van der Waals surface area contributed by atoms with Crippen molar-refractivity contribution in [1.82, 2.24) is 16.0 Å². The van der Waals surface area contributed by atoms with Crippen molar-refractivity contribution < 1.29 is 42.2 Å². The molecule has 0 spiro atoms. The third kappa shape index (κ3) is 10.6. The molecule has 4 N–H and O–H groups in total. The van der Waals surface area contributed by atoms with E-state index >= 15 is 0 Å². The van der Waals surface area contributed by atoms with Crippen molar-refractivity contribution in [3.8, 4) is 23.2 Å². The number of furan rings is 1. The van der Waals surface area contributed by atoms with Crippen LogP contribution in [-0.4, -0.2) is 54.0 Å². The monoisotopic (exact) mass is 783 g/mol. The van der Waals surface area contributed by atoms with Crippen LogP contribution < -0.4 is 16.0 Å². The third-order valence-corrected chi connectivity index (χ3v) is 8.96.